The van der Waals surface area contributed by atoms with Gasteiger partial charge in [0.2, 0.25) is 0 Å². The van der Waals surface area contributed by atoms with Gasteiger partial charge in [-0.05, 0) is 60.4 Å². The van der Waals surface area contributed by atoms with Crippen LogP contribution in [-0.2, 0) is 6.54 Å². The molecule has 4 aromatic rings. The average Bonchev–Trinajstić information content (AvgIpc) is 3.21. The fourth-order valence-electron chi connectivity index (χ4n) is 4.09. The molecule has 1 aliphatic carbocycles. The van der Waals surface area contributed by atoms with E-state index >= 15 is 0 Å². The van der Waals surface area contributed by atoms with Crippen molar-refractivity contribution in [1.82, 2.24) is 29.0 Å². The van der Waals surface area contributed by atoms with Crippen LogP contribution in [0.15, 0.2) is 35.7 Å². The van der Waals surface area contributed by atoms with Gasteiger partial charge in [0.15, 0.2) is 16.7 Å². The van der Waals surface area contributed by atoms with Crippen molar-refractivity contribution in [3.63, 3.8) is 0 Å². The van der Waals surface area contributed by atoms with Crippen LogP contribution in [0.1, 0.15) is 53.7 Å². The third-order valence-corrected chi connectivity index (χ3v) is 7.67. The molecule has 1 fully saturated rings. The van der Waals surface area contributed by atoms with Crippen molar-refractivity contribution in [3.8, 4) is 21.3 Å². The molecular weight excluding hydrogens is 447 g/mol. The van der Waals surface area contributed by atoms with E-state index in [0.717, 1.165) is 34.1 Å². The molecule has 1 aliphatic heterocycles. The highest BCUT2D eigenvalue weighted by atomic mass is 32.1. The van der Waals surface area contributed by atoms with Crippen LogP contribution in [0.25, 0.3) is 21.3 Å². The molecule has 10 heteroatoms. The van der Waals surface area contributed by atoms with Gasteiger partial charge in [0, 0.05) is 23.9 Å². The zero-order chi connectivity index (χ0) is 21.8. The monoisotopic (exact) mass is 466 g/mol. The summed E-state index contributed by atoms with van der Waals surface area (Å²) in [4.78, 5) is 20.5. The Bertz CT molecular complexity index is 1310. The first-order chi connectivity index (χ1) is 15.6. The summed E-state index contributed by atoms with van der Waals surface area (Å²) in [5, 5.41) is 11.4. The van der Waals surface area contributed by atoms with Crippen molar-refractivity contribution in [2.75, 3.05) is 6.54 Å². The number of rotatable bonds is 4. The zero-order valence-corrected chi connectivity index (χ0v) is 18.9. The topological polar surface area (TPSA) is 76.8 Å². The maximum absolute atomic E-state index is 14.9. The number of amides is 1. The van der Waals surface area contributed by atoms with E-state index < -0.39 is 5.82 Å². The quantitative estimate of drug-likeness (QED) is 0.433. The van der Waals surface area contributed by atoms with Crippen molar-refractivity contribution >= 4 is 28.8 Å². The summed E-state index contributed by atoms with van der Waals surface area (Å²) in [6.45, 7) is 2.87. The number of hydrogen-bond acceptors (Lipinski definition) is 7. The molecule has 0 saturated heterocycles. The first-order valence-corrected chi connectivity index (χ1v) is 12.2. The molecular formula is C22H19FN6OS2. The second-order valence-corrected chi connectivity index (χ2v) is 9.81. The van der Waals surface area contributed by atoms with Crippen LogP contribution >= 0.6 is 22.9 Å². The van der Waals surface area contributed by atoms with E-state index in [1.54, 1.807) is 17.0 Å². The lowest BCUT2D eigenvalue weighted by Gasteiger charge is -2.33. The summed E-state index contributed by atoms with van der Waals surface area (Å²) in [6.07, 6.45) is 2.29. The van der Waals surface area contributed by atoms with Crippen molar-refractivity contribution in [2.45, 2.75) is 38.3 Å². The first-order valence-electron chi connectivity index (χ1n) is 10.5. The summed E-state index contributed by atoms with van der Waals surface area (Å²) in [7, 11) is 0. The molecule has 4 heterocycles. The second kappa shape index (κ2) is 7.56. The molecule has 0 bridgehead atoms. The van der Waals surface area contributed by atoms with Crippen LogP contribution in [0.2, 0.25) is 0 Å². The Labute approximate surface area is 191 Å². The van der Waals surface area contributed by atoms with Crippen molar-refractivity contribution in [3.05, 3.63) is 58.7 Å². The molecule has 1 atom stereocenters. The van der Waals surface area contributed by atoms with Gasteiger partial charge in [0.05, 0.1) is 11.6 Å². The third-order valence-electron chi connectivity index (χ3n) is 6.03. The van der Waals surface area contributed by atoms with Crippen LogP contribution in [0.3, 0.4) is 0 Å². The smallest absolute Gasteiger partial charge is 0.257 e. The summed E-state index contributed by atoms with van der Waals surface area (Å²) in [5.41, 5.74) is 0.844. The highest BCUT2D eigenvalue weighted by molar-refractivity contribution is 7.13. The van der Waals surface area contributed by atoms with E-state index in [-0.39, 0.29) is 17.5 Å². The van der Waals surface area contributed by atoms with Gasteiger partial charge in [-0.25, -0.2) is 9.37 Å². The largest absolute Gasteiger partial charge is 0.327 e. The number of nitrogens with zero attached hydrogens (tertiary/aromatic N) is 6. The first kappa shape index (κ1) is 19.7. The molecule has 1 aromatic carbocycles. The Morgan fingerprint density at radius 2 is 2.06 bits per heavy atom. The predicted octanol–water partition coefficient (Wildman–Crippen LogP) is 4.76. The molecule has 7 nitrogen and oxygen atoms in total. The molecule has 162 valence electrons. The van der Waals surface area contributed by atoms with Crippen LogP contribution in [-0.4, -0.2) is 41.5 Å². The molecule has 6 rings (SSSR count). The van der Waals surface area contributed by atoms with Crippen LogP contribution in [0, 0.1) is 5.82 Å². The molecule has 1 amide bonds. The van der Waals surface area contributed by atoms with Gasteiger partial charge < -0.3 is 9.47 Å². The van der Waals surface area contributed by atoms with Crippen molar-refractivity contribution < 1.29 is 9.18 Å². The normalized spacial score (nSPS) is 18.1. The van der Waals surface area contributed by atoms with Crippen LogP contribution < -0.4 is 0 Å². The highest BCUT2D eigenvalue weighted by Gasteiger charge is 2.34. The van der Waals surface area contributed by atoms with E-state index in [9.17, 15) is 9.18 Å². The highest BCUT2D eigenvalue weighted by Crippen LogP contribution is 2.40. The van der Waals surface area contributed by atoms with Gasteiger partial charge >= 0.3 is 0 Å². The van der Waals surface area contributed by atoms with Gasteiger partial charge in [0.25, 0.3) is 5.91 Å². The number of carbonyl (C=O) groups is 1. The molecule has 0 spiro atoms. The predicted molar refractivity (Wildman–Crippen MR) is 120 cm³/mol. The van der Waals surface area contributed by atoms with Crippen molar-refractivity contribution in [2.24, 2.45) is 0 Å². The Morgan fingerprint density at radius 1 is 1.19 bits per heavy atom. The van der Waals surface area contributed by atoms with E-state index in [0.29, 0.717) is 30.7 Å². The van der Waals surface area contributed by atoms with Crippen molar-refractivity contribution in [1.29, 1.82) is 0 Å². The zero-order valence-electron chi connectivity index (χ0n) is 17.2. The third kappa shape index (κ3) is 3.25. The minimum Gasteiger partial charge on any atom is -0.327 e. The summed E-state index contributed by atoms with van der Waals surface area (Å²) >= 11 is 2.88. The van der Waals surface area contributed by atoms with Crippen LogP contribution in [0.4, 0.5) is 4.39 Å². The molecule has 1 saturated carbocycles. The SMILES string of the molecule is C[C@@H]1c2nnc(-c3nc(C4CC4)ns3)n2CCN1C(=O)c1ccc(-c2cccs2)cc1F. The molecule has 0 unspecified atom stereocenters. The molecule has 3 aromatic heterocycles. The minimum absolute atomic E-state index is 0.0727. The van der Waals surface area contributed by atoms with Gasteiger partial charge in [-0.1, -0.05) is 12.1 Å². The Balaban J connectivity index is 1.26. The molecule has 2 aliphatic rings. The molecule has 32 heavy (non-hydrogen) atoms. The van der Waals surface area contributed by atoms with Gasteiger partial charge in [0.1, 0.15) is 11.6 Å². The van der Waals surface area contributed by atoms with Crippen LogP contribution in [0.5, 0.6) is 0 Å². The minimum atomic E-state index is -0.512. The number of carbonyl (C=O) groups excluding carboxylic acids is 1. The van der Waals surface area contributed by atoms with E-state index in [1.165, 1.54) is 28.9 Å². The number of halogens is 1. The standard InChI is InChI=1S/C22H19FN6OS2/c1-12-19-25-26-20(21-24-18(27-32-21)13-4-5-13)29(19)9-8-28(12)22(30)15-7-6-14(11-16(15)23)17-3-2-10-31-17/h2-3,6-7,10-13H,4-5,8-9H2,1H3/t12-/m1/s1. The average molecular weight is 467 g/mol. The number of hydrogen-bond donors (Lipinski definition) is 0. The molecule has 0 radical (unpaired) electrons. The lowest BCUT2D eigenvalue weighted by molar-refractivity contribution is 0.0633. The maximum Gasteiger partial charge on any atom is 0.257 e. The molecule has 0 N–H and O–H groups in total. The fraction of sp³-hybridized carbons (Fsp3) is 0.318. The van der Waals surface area contributed by atoms with Gasteiger partial charge in [-0.2, -0.15) is 4.37 Å². The van der Waals surface area contributed by atoms with E-state index in [2.05, 4.69) is 19.6 Å². The Morgan fingerprint density at radius 3 is 2.81 bits per heavy atom. The summed E-state index contributed by atoms with van der Waals surface area (Å²) < 4.78 is 21.3. The number of aromatic nitrogens is 5. The lowest BCUT2D eigenvalue weighted by atomic mass is 10.1. The van der Waals surface area contributed by atoms with E-state index in [4.69, 9.17) is 0 Å². The van der Waals surface area contributed by atoms with Gasteiger partial charge in [-0.15, -0.1) is 21.5 Å². The fourth-order valence-corrected chi connectivity index (χ4v) is 5.55. The van der Waals surface area contributed by atoms with E-state index in [1.807, 2.05) is 29.0 Å². The number of fused-ring (bicyclic) bond motifs is 1. The summed E-state index contributed by atoms with van der Waals surface area (Å²) in [6, 6.07) is 8.33. The maximum atomic E-state index is 14.9. The number of benzene rings is 1. The summed E-state index contributed by atoms with van der Waals surface area (Å²) in [5.74, 6) is 1.90. The second-order valence-electron chi connectivity index (χ2n) is 8.11. The Hall–Kier alpha value is -2.98. The Kier molecular flexibility index (Phi) is 4.65. The number of thiophene rings is 1. The lowest BCUT2D eigenvalue weighted by Crippen LogP contribution is -2.41. The van der Waals surface area contributed by atoms with Gasteiger partial charge in [-0.3, -0.25) is 4.79 Å².